The van der Waals surface area contributed by atoms with Crippen LogP contribution in [0.25, 0.3) is 0 Å². The normalized spacial score (nSPS) is 14.0. The Hall–Kier alpha value is -2.28. The minimum Gasteiger partial charge on any atom is -0.285 e. The van der Waals surface area contributed by atoms with Crippen molar-refractivity contribution in [2.24, 2.45) is 4.99 Å². The van der Waals surface area contributed by atoms with E-state index in [0.29, 0.717) is 17.5 Å². The number of hydrogen-bond acceptors (Lipinski definition) is 3. The van der Waals surface area contributed by atoms with E-state index in [1.807, 2.05) is 0 Å². The van der Waals surface area contributed by atoms with Crippen molar-refractivity contribution in [1.29, 1.82) is 0 Å². The Labute approximate surface area is 141 Å². The Balaban J connectivity index is 1.74. The summed E-state index contributed by atoms with van der Waals surface area (Å²) in [6.07, 6.45) is 0. The van der Waals surface area contributed by atoms with E-state index in [0.717, 1.165) is 17.7 Å². The number of carbonyl (C=O) groups is 1. The minimum atomic E-state index is -0.901. The highest BCUT2D eigenvalue weighted by atomic mass is 32.2. The number of amides is 1. The quantitative estimate of drug-likeness (QED) is 0.842. The van der Waals surface area contributed by atoms with Crippen LogP contribution < -0.4 is 0 Å². The fraction of sp³-hybridized carbons (Fsp3) is 0.176. The Kier molecular flexibility index (Phi) is 4.89. The van der Waals surface area contributed by atoms with Crippen LogP contribution in [0.3, 0.4) is 0 Å². The number of thioether (sulfide) groups is 1. The van der Waals surface area contributed by atoms with Crippen molar-refractivity contribution in [2.75, 3.05) is 13.1 Å². The van der Waals surface area contributed by atoms with Gasteiger partial charge in [-0.15, -0.1) is 0 Å². The second kappa shape index (κ2) is 7.09. The molecule has 0 unspecified atom stereocenters. The summed E-state index contributed by atoms with van der Waals surface area (Å²) in [5.41, 5.74) is 0.150. The summed E-state index contributed by atoms with van der Waals surface area (Å²) in [6.45, 7) is 0.630. The predicted molar refractivity (Wildman–Crippen MR) is 87.4 cm³/mol. The molecule has 0 aromatic heterocycles. The average molecular weight is 350 g/mol. The molecule has 0 N–H and O–H groups in total. The lowest BCUT2D eigenvalue weighted by Gasteiger charge is -2.18. The smallest absolute Gasteiger partial charge is 0.265 e. The average Bonchev–Trinajstić information content (AvgIpc) is 3.01. The fourth-order valence-electron chi connectivity index (χ4n) is 2.35. The lowest BCUT2D eigenvalue weighted by Crippen LogP contribution is -2.34. The van der Waals surface area contributed by atoms with Crippen LogP contribution in [0, 0.1) is 17.5 Å². The summed E-state index contributed by atoms with van der Waals surface area (Å²) in [5.74, 6) is -2.50. The van der Waals surface area contributed by atoms with Gasteiger partial charge in [-0.25, -0.2) is 13.2 Å². The summed E-state index contributed by atoms with van der Waals surface area (Å²) >= 11 is 1.23. The van der Waals surface area contributed by atoms with E-state index in [1.54, 1.807) is 12.1 Å². The number of aliphatic imine (C=N–C) groups is 1. The van der Waals surface area contributed by atoms with Gasteiger partial charge in [0.1, 0.15) is 23.0 Å². The maximum absolute atomic E-state index is 13.8. The van der Waals surface area contributed by atoms with Gasteiger partial charge in [-0.05, 0) is 29.8 Å². The summed E-state index contributed by atoms with van der Waals surface area (Å²) in [5, 5.41) is 0.381. The molecule has 0 bridgehead atoms. The standard InChI is InChI=1S/C17H13F3N2OS/c18-12-4-1-3-11(9-12)10-24-17-21-7-8-22(17)16(23)15-13(19)5-2-6-14(15)20/h1-6,9H,7-8,10H2. The lowest BCUT2D eigenvalue weighted by molar-refractivity contribution is 0.0851. The first-order valence-electron chi connectivity index (χ1n) is 7.24. The van der Waals surface area contributed by atoms with Gasteiger partial charge in [-0.3, -0.25) is 14.7 Å². The molecule has 0 saturated carbocycles. The first-order chi connectivity index (χ1) is 11.6. The van der Waals surface area contributed by atoms with Crippen molar-refractivity contribution in [3.8, 4) is 0 Å². The molecule has 124 valence electrons. The van der Waals surface area contributed by atoms with E-state index in [2.05, 4.69) is 4.99 Å². The van der Waals surface area contributed by atoms with Crippen molar-refractivity contribution in [2.45, 2.75) is 5.75 Å². The zero-order valence-corrected chi connectivity index (χ0v) is 13.3. The third-order valence-electron chi connectivity index (χ3n) is 3.48. The molecule has 1 amide bonds. The molecule has 0 aliphatic carbocycles. The van der Waals surface area contributed by atoms with E-state index in [-0.39, 0.29) is 12.4 Å². The molecule has 0 spiro atoms. The van der Waals surface area contributed by atoms with Crippen molar-refractivity contribution < 1.29 is 18.0 Å². The van der Waals surface area contributed by atoms with Crippen LogP contribution in [-0.4, -0.2) is 29.1 Å². The van der Waals surface area contributed by atoms with Crippen LogP contribution in [0.15, 0.2) is 47.5 Å². The van der Waals surface area contributed by atoms with Crippen molar-refractivity contribution in [1.82, 2.24) is 4.90 Å². The van der Waals surface area contributed by atoms with E-state index in [1.165, 1.54) is 34.9 Å². The predicted octanol–water partition coefficient (Wildman–Crippen LogP) is 3.85. The largest absolute Gasteiger partial charge is 0.285 e. The van der Waals surface area contributed by atoms with Gasteiger partial charge in [0.25, 0.3) is 5.91 Å². The van der Waals surface area contributed by atoms with Crippen LogP contribution in [-0.2, 0) is 5.75 Å². The summed E-state index contributed by atoms with van der Waals surface area (Å²) in [6, 6.07) is 9.39. The first kappa shape index (κ1) is 16.6. The molecule has 0 radical (unpaired) electrons. The van der Waals surface area contributed by atoms with Gasteiger partial charge < -0.3 is 0 Å². The SMILES string of the molecule is O=C(c1c(F)cccc1F)N1CCN=C1SCc1cccc(F)c1. The Bertz CT molecular complexity index is 790. The van der Waals surface area contributed by atoms with Gasteiger partial charge in [-0.1, -0.05) is 30.0 Å². The maximum Gasteiger partial charge on any atom is 0.265 e. The highest BCUT2D eigenvalue weighted by Gasteiger charge is 2.29. The molecule has 7 heteroatoms. The molecule has 2 aromatic rings. The topological polar surface area (TPSA) is 32.7 Å². The van der Waals surface area contributed by atoms with Gasteiger partial charge in [0, 0.05) is 12.3 Å². The molecule has 0 fully saturated rings. The highest BCUT2D eigenvalue weighted by Crippen LogP contribution is 2.23. The number of carbonyl (C=O) groups excluding carboxylic acids is 1. The molecule has 24 heavy (non-hydrogen) atoms. The number of halogens is 3. The third-order valence-corrected chi connectivity index (χ3v) is 4.57. The molecular weight excluding hydrogens is 337 g/mol. The van der Waals surface area contributed by atoms with Gasteiger partial charge in [-0.2, -0.15) is 0 Å². The van der Waals surface area contributed by atoms with Gasteiger partial charge in [0.2, 0.25) is 0 Å². The van der Waals surface area contributed by atoms with Crippen molar-refractivity contribution in [3.05, 3.63) is 71.0 Å². The highest BCUT2D eigenvalue weighted by molar-refractivity contribution is 8.13. The third kappa shape index (κ3) is 3.46. The molecule has 1 heterocycles. The Morgan fingerprint density at radius 2 is 1.83 bits per heavy atom. The summed E-state index contributed by atoms with van der Waals surface area (Å²) in [7, 11) is 0. The molecule has 3 rings (SSSR count). The lowest BCUT2D eigenvalue weighted by atomic mass is 10.1. The Morgan fingerprint density at radius 1 is 1.12 bits per heavy atom. The number of nitrogens with zero attached hydrogens (tertiary/aromatic N) is 2. The molecule has 3 nitrogen and oxygen atoms in total. The second-order valence-electron chi connectivity index (χ2n) is 5.14. The molecule has 0 saturated heterocycles. The summed E-state index contributed by atoms with van der Waals surface area (Å²) < 4.78 is 40.8. The number of hydrogen-bond donors (Lipinski definition) is 0. The molecule has 2 aromatic carbocycles. The van der Waals surface area contributed by atoms with E-state index < -0.39 is 23.1 Å². The minimum absolute atomic E-state index is 0.262. The Morgan fingerprint density at radius 3 is 2.54 bits per heavy atom. The van der Waals surface area contributed by atoms with Crippen LogP contribution in [0.4, 0.5) is 13.2 Å². The van der Waals surface area contributed by atoms with Crippen molar-refractivity contribution >= 4 is 22.8 Å². The second-order valence-corrected chi connectivity index (χ2v) is 6.08. The van der Waals surface area contributed by atoms with Crippen LogP contribution in [0.2, 0.25) is 0 Å². The van der Waals surface area contributed by atoms with Crippen LogP contribution >= 0.6 is 11.8 Å². The van der Waals surface area contributed by atoms with Gasteiger partial charge in [0.15, 0.2) is 5.17 Å². The summed E-state index contributed by atoms with van der Waals surface area (Å²) in [4.78, 5) is 17.9. The number of benzene rings is 2. The number of amidine groups is 1. The van der Waals surface area contributed by atoms with E-state index in [4.69, 9.17) is 0 Å². The molecular formula is C17H13F3N2OS. The zero-order valence-electron chi connectivity index (χ0n) is 12.5. The molecule has 1 aliphatic heterocycles. The first-order valence-corrected chi connectivity index (χ1v) is 8.22. The van der Waals surface area contributed by atoms with Gasteiger partial charge >= 0.3 is 0 Å². The molecule has 1 aliphatic rings. The maximum atomic E-state index is 13.8. The van der Waals surface area contributed by atoms with Gasteiger partial charge in [0.05, 0.1) is 6.54 Å². The fourth-order valence-corrected chi connectivity index (χ4v) is 3.34. The zero-order chi connectivity index (χ0) is 17.1. The molecule has 0 atom stereocenters. The van der Waals surface area contributed by atoms with E-state index >= 15 is 0 Å². The number of rotatable bonds is 3. The van der Waals surface area contributed by atoms with Crippen molar-refractivity contribution in [3.63, 3.8) is 0 Å². The van der Waals surface area contributed by atoms with Crippen LogP contribution in [0.5, 0.6) is 0 Å². The van der Waals surface area contributed by atoms with E-state index in [9.17, 15) is 18.0 Å². The monoisotopic (exact) mass is 350 g/mol. The van der Waals surface area contributed by atoms with Crippen LogP contribution in [0.1, 0.15) is 15.9 Å².